The van der Waals surface area contributed by atoms with Gasteiger partial charge in [0.25, 0.3) is 0 Å². The SMILES string of the molecule is Cc1ccc(C(=O)c2c[nH]c3cc(C)ccc23)c(Cl)c1. The molecule has 0 fully saturated rings. The number of nitrogens with one attached hydrogen (secondary N) is 1. The maximum Gasteiger partial charge on any atom is 0.196 e. The monoisotopic (exact) mass is 283 g/mol. The van der Waals surface area contributed by atoms with Crippen molar-refractivity contribution in [3.8, 4) is 0 Å². The van der Waals surface area contributed by atoms with E-state index in [1.807, 2.05) is 44.2 Å². The van der Waals surface area contributed by atoms with E-state index in [-0.39, 0.29) is 5.78 Å². The first-order chi connectivity index (χ1) is 9.56. The minimum absolute atomic E-state index is 0.0508. The summed E-state index contributed by atoms with van der Waals surface area (Å²) in [4.78, 5) is 15.8. The Kier molecular flexibility index (Phi) is 3.11. The predicted molar refractivity (Wildman–Crippen MR) is 82.7 cm³/mol. The molecule has 3 heteroatoms. The van der Waals surface area contributed by atoms with E-state index in [0.717, 1.165) is 22.0 Å². The molecule has 0 atom stereocenters. The van der Waals surface area contributed by atoms with Crippen LogP contribution in [-0.4, -0.2) is 10.8 Å². The Balaban J connectivity index is 2.13. The summed E-state index contributed by atoms with van der Waals surface area (Å²) in [5.74, 6) is -0.0508. The van der Waals surface area contributed by atoms with E-state index in [0.29, 0.717) is 16.1 Å². The molecule has 0 saturated carbocycles. The van der Waals surface area contributed by atoms with Gasteiger partial charge in [-0.1, -0.05) is 29.8 Å². The second kappa shape index (κ2) is 4.80. The molecule has 1 aromatic heterocycles. The van der Waals surface area contributed by atoms with Crippen LogP contribution < -0.4 is 0 Å². The van der Waals surface area contributed by atoms with E-state index in [1.54, 1.807) is 12.3 Å². The van der Waals surface area contributed by atoms with Crippen LogP contribution in [0.4, 0.5) is 0 Å². The first-order valence-electron chi connectivity index (χ1n) is 6.45. The third-order valence-electron chi connectivity index (χ3n) is 3.45. The number of halogens is 1. The molecule has 3 aromatic rings. The molecule has 0 aliphatic carbocycles. The highest BCUT2D eigenvalue weighted by molar-refractivity contribution is 6.35. The lowest BCUT2D eigenvalue weighted by molar-refractivity contribution is 0.104. The first kappa shape index (κ1) is 12.9. The van der Waals surface area contributed by atoms with E-state index >= 15 is 0 Å². The topological polar surface area (TPSA) is 32.9 Å². The maximum atomic E-state index is 12.6. The van der Waals surface area contributed by atoms with Gasteiger partial charge in [-0.15, -0.1) is 0 Å². The quantitative estimate of drug-likeness (QED) is 0.681. The normalized spacial score (nSPS) is 10.9. The van der Waals surface area contributed by atoms with Crippen molar-refractivity contribution in [3.05, 3.63) is 69.9 Å². The standard InChI is InChI=1S/C17H14ClNO/c1-10-4-6-13(15(18)7-10)17(20)14-9-19-16-8-11(2)3-5-12(14)16/h3-9,19H,1-2H3. The summed E-state index contributed by atoms with van der Waals surface area (Å²) in [7, 11) is 0. The lowest BCUT2D eigenvalue weighted by Crippen LogP contribution is -2.01. The predicted octanol–water partition coefficient (Wildman–Crippen LogP) is 4.67. The Morgan fingerprint density at radius 1 is 1.00 bits per heavy atom. The molecule has 1 heterocycles. The summed E-state index contributed by atoms with van der Waals surface area (Å²) < 4.78 is 0. The summed E-state index contributed by atoms with van der Waals surface area (Å²) in [6.07, 6.45) is 1.75. The van der Waals surface area contributed by atoms with Gasteiger partial charge in [0.15, 0.2) is 5.78 Å². The Morgan fingerprint density at radius 2 is 1.70 bits per heavy atom. The van der Waals surface area contributed by atoms with Gasteiger partial charge < -0.3 is 4.98 Å². The summed E-state index contributed by atoms with van der Waals surface area (Å²) in [5.41, 5.74) is 4.37. The highest BCUT2D eigenvalue weighted by Crippen LogP contribution is 2.26. The first-order valence-corrected chi connectivity index (χ1v) is 6.82. The number of hydrogen-bond acceptors (Lipinski definition) is 1. The number of hydrogen-bond donors (Lipinski definition) is 1. The molecule has 0 spiro atoms. The summed E-state index contributed by atoms with van der Waals surface area (Å²) >= 11 is 6.19. The van der Waals surface area contributed by atoms with E-state index in [2.05, 4.69) is 4.98 Å². The number of aryl methyl sites for hydroxylation is 2. The molecule has 3 rings (SSSR count). The maximum absolute atomic E-state index is 12.6. The molecule has 0 aliphatic heterocycles. The number of carbonyl (C=O) groups is 1. The summed E-state index contributed by atoms with van der Waals surface area (Å²) in [6.45, 7) is 3.98. The van der Waals surface area contributed by atoms with Crippen LogP contribution in [0, 0.1) is 13.8 Å². The third-order valence-corrected chi connectivity index (χ3v) is 3.76. The molecular formula is C17H14ClNO. The van der Waals surface area contributed by atoms with Crippen molar-refractivity contribution in [1.82, 2.24) is 4.98 Å². The minimum atomic E-state index is -0.0508. The van der Waals surface area contributed by atoms with Crippen LogP contribution in [0.3, 0.4) is 0 Å². The van der Waals surface area contributed by atoms with Crippen LogP contribution in [0.25, 0.3) is 10.9 Å². The van der Waals surface area contributed by atoms with E-state index < -0.39 is 0 Å². The summed E-state index contributed by atoms with van der Waals surface area (Å²) in [5, 5.41) is 1.42. The molecule has 100 valence electrons. The van der Waals surface area contributed by atoms with E-state index in [1.165, 1.54) is 0 Å². The fourth-order valence-electron chi connectivity index (χ4n) is 2.38. The largest absolute Gasteiger partial charge is 0.360 e. The fourth-order valence-corrected chi connectivity index (χ4v) is 2.70. The Labute approximate surface area is 122 Å². The number of aromatic amines is 1. The number of carbonyl (C=O) groups excluding carboxylic acids is 1. The van der Waals surface area contributed by atoms with Gasteiger partial charge in [-0.25, -0.2) is 0 Å². The zero-order chi connectivity index (χ0) is 14.3. The lowest BCUT2D eigenvalue weighted by atomic mass is 10.0. The molecule has 20 heavy (non-hydrogen) atoms. The van der Waals surface area contributed by atoms with Crippen molar-refractivity contribution in [2.24, 2.45) is 0 Å². The van der Waals surface area contributed by atoms with Gasteiger partial charge >= 0.3 is 0 Å². The lowest BCUT2D eigenvalue weighted by Gasteiger charge is -2.04. The average molecular weight is 284 g/mol. The number of ketones is 1. The van der Waals surface area contributed by atoms with Crippen molar-refractivity contribution in [2.75, 3.05) is 0 Å². The zero-order valence-corrected chi connectivity index (χ0v) is 12.1. The van der Waals surface area contributed by atoms with Crippen LogP contribution in [0.15, 0.2) is 42.6 Å². The molecule has 0 bridgehead atoms. The van der Waals surface area contributed by atoms with Crippen molar-refractivity contribution in [1.29, 1.82) is 0 Å². The zero-order valence-electron chi connectivity index (χ0n) is 11.3. The smallest absolute Gasteiger partial charge is 0.196 e. The molecule has 0 aliphatic rings. The Morgan fingerprint density at radius 3 is 2.45 bits per heavy atom. The highest BCUT2D eigenvalue weighted by Gasteiger charge is 2.16. The number of H-pyrrole nitrogens is 1. The van der Waals surface area contributed by atoms with Crippen LogP contribution in [-0.2, 0) is 0 Å². The minimum Gasteiger partial charge on any atom is -0.360 e. The molecule has 2 nitrogen and oxygen atoms in total. The second-order valence-corrected chi connectivity index (χ2v) is 5.47. The average Bonchev–Trinajstić information content (AvgIpc) is 2.80. The Hall–Kier alpha value is -2.06. The van der Waals surface area contributed by atoms with Crippen molar-refractivity contribution in [3.63, 3.8) is 0 Å². The third kappa shape index (κ3) is 2.12. The van der Waals surface area contributed by atoms with Gasteiger partial charge in [-0.2, -0.15) is 0 Å². The Bertz CT molecular complexity index is 817. The van der Waals surface area contributed by atoms with Gasteiger partial charge in [-0.05, 0) is 43.2 Å². The second-order valence-electron chi connectivity index (χ2n) is 5.06. The van der Waals surface area contributed by atoms with Gasteiger partial charge in [0.05, 0.1) is 5.02 Å². The van der Waals surface area contributed by atoms with Crippen LogP contribution in [0.2, 0.25) is 5.02 Å². The van der Waals surface area contributed by atoms with Crippen molar-refractivity contribution in [2.45, 2.75) is 13.8 Å². The van der Waals surface area contributed by atoms with Crippen LogP contribution >= 0.6 is 11.6 Å². The molecule has 0 amide bonds. The fraction of sp³-hybridized carbons (Fsp3) is 0.118. The van der Waals surface area contributed by atoms with Crippen molar-refractivity contribution >= 4 is 28.3 Å². The van der Waals surface area contributed by atoms with Gasteiger partial charge in [0.1, 0.15) is 0 Å². The van der Waals surface area contributed by atoms with Gasteiger partial charge in [0, 0.05) is 28.2 Å². The number of aromatic nitrogens is 1. The molecule has 0 radical (unpaired) electrons. The number of rotatable bonds is 2. The highest BCUT2D eigenvalue weighted by atomic mass is 35.5. The van der Waals surface area contributed by atoms with Crippen molar-refractivity contribution < 1.29 is 4.79 Å². The van der Waals surface area contributed by atoms with Crippen LogP contribution in [0.1, 0.15) is 27.0 Å². The van der Waals surface area contributed by atoms with Gasteiger partial charge in [0.2, 0.25) is 0 Å². The number of benzene rings is 2. The summed E-state index contributed by atoms with van der Waals surface area (Å²) in [6, 6.07) is 11.5. The molecule has 0 unspecified atom stereocenters. The molecule has 0 saturated heterocycles. The van der Waals surface area contributed by atoms with E-state index in [4.69, 9.17) is 11.6 Å². The van der Waals surface area contributed by atoms with E-state index in [9.17, 15) is 4.79 Å². The molecule has 2 aromatic carbocycles. The molecular weight excluding hydrogens is 270 g/mol. The number of fused-ring (bicyclic) bond motifs is 1. The molecule has 1 N–H and O–H groups in total. The van der Waals surface area contributed by atoms with Crippen LogP contribution in [0.5, 0.6) is 0 Å². The van der Waals surface area contributed by atoms with Gasteiger partial charge in [-0.3, -0.25) is 4.79 Å².